The maximum atomic E-state index is 5.82. The fourth-order valence-electron chi connectivity index (χ4n) is 1.32. The van der Waals surface area contributed by atoms with Crippen molar-refractivity contribution in [3.63, 3.8) is 0 Å². The van der Waals surface area contributed by atoms with E-state index >= 15 is 0 Å². The third-order valence-electron chi connectivity index (χ3n) is 2.28. The molecule has 0 saturated heterocycles. The summed E-state index contributed by atoms with van der Waals surface area (Å²) in [4.78, 5) is 4.32. The number of anilines is 1. The predicted octanol–water partition coefficient (Wildman–Crippen LogP) is 3.29. The topological polar surface area (TPSA) is 38.9 Å². The quantitative estimate of drug-likeness (QED) is 0.798. The fraction of sp³-hybridized carbons (Fsp3) is 0.0833. The zero-order valence-electron chi connectivity index (χ0n) is 8.37. The van der Waals surface area contributed by atoms with Crippen LogP contribution in [0.25, 0.3) is 11.3 Å². The van der Waals surface area contributed by atoms with E-state index in [0.29, 0.717) is 0 Å². The number of rotatable bonds is 1. The van der Waals surface area contributed by atoms with Crippen LogP contribution in [0.5, 0.6) is 0 Å². The van der Waals surface area contributed by atoms with Crippen molar-refractivity contribution < 1.29 is 0 Å². The SMILES string of the molecule is Cc1cnc(-c2ccc(Cl)cc2)cc1N. The second-order valence-electron chi connectivity index (χ2n) is 3.43. The largest absolute Gasteiger partial charge is 0.398 e. The molecule has 3 heteroatoms. The fourth-order valence-corrected chi connectivity index (χ4v) is 1.44. The Hall–Kier alpha value is -1.54. The molecule has 2 nitrogen and oxygen atoms in total. The minimum absolute atomic E-state index is 0.721. The van der Waals surface area contributed by atoms with Gasteiger partial charge in [0.1, 0.15) is 0 Å². The van der Waals surface area contributed by atoms with Gasteiger partial charge in [-0.15, -0.1) is 0 Å². The molecule has 1 aromatic carbocycles. The molecule has 0 spiro atoms. The molecule has 0 bridgehead atoms. The number of nitrogen functional groups attached to an aromatic ring is 1. The molecule has 15 heavy (non-hydrogen) atoms. The van der Waals surface area contributed by atoms with Crippen molar-refractivity contribution in [2.45, 2.75) is 6.92 Å². The second kappa shape index (κ2) is 3.91. The summed E-state index contributed by atoms with van der Waals surface area (Å²) in [6.45, 7) is 1.94. The van der Waals surface area contributed by atoms with E-state index in [1.165, 1.54) is 0 Å². The standard InChI is InChI=1S/C12H11ClN2/c1-8-7-15-12(6-11(8)14)9-2-4-10(13)5-3-9/h2-7H,1H3,(H2,14,15). The first kappa shape index (κ1) is 9.99. The van der Waals surface area contributed by atoms with Crippen LogP contribution in [0.2, 0.25) is 5.02 Å². The molecule has 0 unspecified atom stereocenters. The average Bonchev–Trinajstić information content (AvgIpc) is 2.23. The first-order valence-electron chi connectivity index (χ1n) is 4.65. The Morgan fingerprint density at radius 1 is 1.20 bits per heavy atom. The number of pyridine rings is 1. The molecule has 1 aromatic heterocycles. The smallest absolute Gasteiger partial charge is 0.0722 e. The Labute approximate surface area is 93.7 Å². The molecule has 1 heterocycles. The van der Waals surface area contributed by atoms with Gasteiger partial charge in [-0.2, -0.15) is 0 Å². The monoisotopic (exact) mass is 218 g/mol. The number of halogens is 1. The van der Waals surface area contributed by atoms with Crippen LogP contribution in [-0.2, 0) is 0 Å². The first-order chi connectivity index (χ1) is 7.16. The van der Waals surface area contributed by atoms with E-state index in [-0.39, 0.29) is 0 Å². The van der Waals surface area contributed by atoms with Crippen molar-refractivity contribution in [3.05, 3.63) is 47.1 Å². The highest BCUT2D eigenvalue weighted by Crippen LogP contribution is 2.22. The van der Waals surface area contributed by atoms with E-state index in [0.717, 1.165) is 27.5 Å². The van der Waals surface area contributed by atoms with Gasteiger partial charge in [-0.25, -0.2) is 0 Å². The van der Waals surface area contributed by atoms with Gasteiger partial charge in [0.2, 0.25) is 0 Å². The van der Waals surface area contributed by atoms with Crippen LogP contribution >= 0.6 is 11.6 Å². The molecule has 0 saturated carbocycles. The van der Waals surface area contributed by atoms with Gasteiger partial charge < -0.3 is 5.73 Å². The van der Waals surface area contributed by atoms with Crippen LogP contribution in [0.3, 0.4) is 0 Å². The van der Waals surface area contributed by atoms with Gasteiger partial charge in [0, 0.05) is 22.5 Å². The third-order valence-corrected chi connectivity index (χ3v) is 2.54. The number of hydrogen-bond acceptors (Lipinski definition) is 2. The summed E-state index contributed by atoms with van der Waals surface area (Å²) in [6, 6.07) is 9.42. The van der Waals surface area contributed by atoms with Crippen LogP contribution in [0.15, 0.2) is 36.5 Å². The Morgan fingerprint density at radius 2 is 1.87 bits per heavy atom. The third kappa shape index (κ3) is 2.10. The van der Waals surface area contributed by atoms with Gasteiger partial charge in [0.15, 0.2) is 0 Å². The summed E-state index contributed by atoms with van der Waals surface area (Å²) in [6.07, 6.45) is 1.78. The van der Waals surface area contributed by atoms with Crippen molar-refractivity contribution >= 4 is 17.3 Å². The lowest BCUT2D eigenvalue weighted by molar-refractivity contribution is 1.27. The molecule has 0 aliphatic rings. The van der Waals surface area contributed by atoms with Gasteiger partial charge in [0.05, 0.1) is 5.69 Å². The van der Waals surface area contributed by atoms with Gasteiger partial charge in [-0.05, 0) is 30.7 Å². The van der Waals surface area contributed by atoms with E-state index in [4.69, 9.17) is 17.3 Å². The Morgan fingerprint density at radius 3 is 2.47 bits per heavy atom. The van der Waals surface area contributed by atoms with Crippen molar-refractivity contribution in [1.29, 1.82) is 0 Å². The van der Waals surface area contributed by atoms with Crippen LogP contribution < -0.4 is 5.73 Å². The lowest BCUT2D eigenvalue weighted by Crippen LogP contribution is -1.92. The average molecular weight is 219 g/mol. The van der Waals surface area contributed by atoms with Crippen LogP contribution in [0.1, 0.15) is 5.56 Å². The van der Waals surface area contributed by atoms with Gasteiger partial charge >= 0.3 is 0 Å². The summed E-state index contributed by atoms with van der Waals surface area (Å²) in [5.74, 6) is 0. The Balaban J connectivity index is 2.45. The van der Waals surface area contributed by atoms with Crippen molar-refractivity contribution in [2.75, 3.05) is 5.73 Å². The normalized spacial score (nSPS) is 10.3. The maximum Gasteiger partial charge on any atom is 0.0722 e. The lowest BCUT2D eigenvalue weighted by Gasteiger charge is -2.04. The molecule has 0 aliphatic heterocycles. The number of hydrogen-bond donors (Lipinski definition) is 1. The molecular weight excluding hydrogens is 208 g/mol. The maximum absolute atomic E-state index is 5.82. The van der Waals surface area contributed by atoms with E-state index < -0.39 is 0 Å². The van der Waals surface area contributed by atoms with E-state index in [2.05, 4.69) is 4.98 Å². The number of nitrogens with two attached hydrogens (primary N) is 1. The van der Waals surface area contributed by atoms with Crippen LogP contribution in [0, 0.1) is 6.92 Å². The molecule has 0 amide bonds. The van der Waals surface area contributed by atoms with E-state index in [1.54, 1.807) is 6.20 Å². The summed E-state index contributed by atoms with van der Waals surface area (Å²) in [7, 11) is 0. The van der Waals surface area contributed by atoms with Crippen molar-refractivity contribution in [1.82, 2.24) is 4.98 Å². The second-order valence-corrected chi connectivity index (χ2v) is 3.87. The number of benzene rings is 1. The molecule has 2 N–H and O–H groups in total. The summed E-state index contributed by atoms with van der Waals surface area (Å²) >= 11 is 5.81. The highest BCUT2D eigenvalue weighted by Gasteiger charge is 2.01. The molecule has 2 rings (SSSR count). The number of aryl methyl sites for hydroxylation is 1. The number of nitrogens with zero attached hydrogens (tertiary/aromatic N) is 1. The molecule has 2 aromatic rings. The Bertz CT molecular complexity index is 477. The molecule has 76 valence electrons. The van der Waals surface area contributed by atoms with Crippen LogP contribution in [-0.4, -0.2) is 4.98 Å². The summed E-state index contributed by atoms with van der Waals surface area (Å²) in [5, 5.41) is 0.721. The minimum Gasteiger partial charge on any atom is -0.398 e. The lowest BCUT2D eigenvalue weighted by atomic mass is 10.1. The van der Waals surface area contributed by atoms with Crippen LogP contribution in [0.4, 0.5) is 5.69 Å². The minimum atomic E-state index is 0.721. The van der Waals surface area contributed by atoms with Gasteiger partial charge in [-0.1, -0.05) is 23.7 Å². The highest BCUT2D eigenvalue weighted by atomic mass is 35.5. The predicted molar refractivity (Wildman–Crippen MR) is 63.8 cm³/mol. The highest BCUT2D eigenvalue weighted by molar-refractivity contribution is 6.30. The van der Waals surface area contributed by atoms with Crippen molar-refractivity contribution in [3.8, 4) is 11.3 Å². The van der Waals surface area contributed by atoms with E-state index in [1.807, 2.05) is 37.3 Å². The zero-order valence-corrected chi connectivity index (χ0v) is 9.12. The molecule has 0 aliphatic carbocycles. The molecule has 0 fully saturated rings. The van der Waals surface area contributed by atoms with Gasteiger partial charge in [0.25, 0.3) is 0 Å². The first-order valence-corrected chi connectivity index (χ1v) is 5.02. The van der Waals surface area contributed by atoms with E-state index in [9.17, 15) is 0 Å². The Kier molecular flexibility index (Phi) is 2.60. The number of aromatic nitrogens is 1. The van der Waals surface area contributed by atoms with Gasteiger partial charge in [-0.3, -0.25) is 4.98 Å². The molecule has 0 radical (unpaired) electrons. The molecular formula is C12H11ClN2. The summed E-state index contributed by atoms with van der Waals surface area (Å²) < 4.78 is 0. The summed E-state index contributed by atoms with van der Waals surface area (Å²) in [5.41, 5.74) is 9.46. The molecule has 0 atom stereocenters. The van der Waals surface area contributed by atoms with Crippen molar-refractivity contribution in [2.24, 2.45) is 0 Å². The zero-order chi connectivity index (χ0) is 10.8.